The first-order chi connectivity index (χ1) is 8.63. The predicted octanol–water partition coefficient (Wildman–Crippen LogP) is 1.48. The lowest BCUT2D eigenvalue weighted by Gasteiger charge is -2.12. The molecule has 1 aromatic carbocycles. The first-order valence-electron chi connectivity index (χ1n) is 5.67. The van der Waals surface area contributed by atoms with Crippen molar-refractivity contribution in [1.82, 2.24) is 0 Å². The van der Waals surface area contributed by atoms with Crippen LogP contribution in [0, 0.1) is 10.1 Å². The Morgan fingerprint density at radius 1 is 1.37 bits per heavy atom. The molecule has 0 bridgehead atoms. The molecular weight excluding hydrogens is 274 g/mol. The Bertz CT molecular complexity index is 469. The number of hydrogen-bond donors (Lipinski definition) is 2. The zero-order valence-electron chi connectivity index (χ0n) is 10.2. The summed E-state index contributed by atoms with van der Waals surface area (Å²) in [5.41, 5.74) is 11.8. The Labute approximate surface area is 116 Å². The molecule has 4 N–H and O–H groups in total. The summed E-state index contributed by atoms with van der Waals surface area (Å²) in [4.78, 5) is 10.6. The Morgan fingerprint density at radius 3 is 2.58 bits per heavy atom. The second kappa shape index (κ2) is 6.55. The van der Waals surface area contributed by atoms with Crippen LogP contribution in [0.3, 0.4) is 0 Å². The van der Waals surface area contributed by atoms with Crippen LogP contribution in [0.25, 0.3) is 0 Å². The normalized spacial score (nSPS) is 13.8. The van der Waals surface area contributed by atoms with E-state index >= 15 is 0 Å². The van der Waals surface area contributed by atoms with Gasteiger partial charge in [0, 0.05) is 6.04 Å². The van der Waals surface area contributed by atoms with Gasteiger partial charge in [-0.05, 0) is 25.5 Å². The monoisotopic (exact) mass is 289 g/mol. The van der Waals surface area contributed by atoms with Gasteiger partial charge in [0.05, 0.1) is 16.6 Å². The molecule has 2 rings (SSSR count). The van der Waals surface area contributed by atoms with E-state index in [1.165, 1.54) is 6.07 Å². The summed E-state index contributed by atoms with van der Waals surface area (Å²) in [5.74, 6) is 0.885. The third kappa shape index (κ3) is 3.25. The van der Waals surface area contributed by atoms with E-state index in [1.807, 2.05) is 0 Å². The largest absolute Gasteiger partial charge is 0.454 e. The Kier molecular flexibility index (Phi) is 5.34. The fraction of sp³-hybridized carbons (Fsp3) is 0.455. The Morgan fingerprint density at radius 2 is 2.00 bits per heavy atom. The summed E-state index contributed by atoms with van der Waals surface area (Å²) in [6.07, 6.45) is 1.31. The molecule has 0 unspecified atom stereocenters. The maximum atomic E-state index is 11.0. The van der Waals surface area contributed by atoms with Crippen LogP contribution in [-0.4, -0.2) is 18.3 Å². The summed E-state index contributed by atoms with van der Waals surface area (Å²) < 4.78 is 10.3. The minimum Gasteiger partial charge on any atom is -0.454 e. The molecule has 0 amide bonds. The fourth-order valence-corrected chi connectivity index (χ4v) is 1.90. The van der Waals surface area contributed by atoms with Crippen LogP contribution < -0.4 is 20.9 Å². The first kappa shape index (κ1) is 15.5. The quantitative estimate of drug-likeness (QED) is 0.627. The van der Waals surface area contributed by atoms with Crippen molar-refractivity contribution in [2.45, 2.75) is 18.9 Å². The second-order valence-electron chi connectivity index (χ2n) is 4.06. The van der Waals surface area contributed by atoms with Gasteiger partial charge in [-0.1, -0.05) is 0 Å². The molecule has 0 spiro atoms. The van der Waals surface area contributed by atoms with E-state index in [2.05, 4.69) is 0 Å². The van der Waals surface area contributed by atoms with Crippen LogP contribution in [0.4, 0.5) is 5.69 Å². The van der Waals surface area contributed by atoms with E-state index < -0.39 is 11.0 Å². The van der Waals surface area contributed by atoms with E-state index in [-0.39, 0.29) is 24.9 Å². The average Bonchev–Trinajstić information content (AvgIpc) is 2.81. The second-order valence-corrected chi connectivity index (χ2v) is 4.06. The molecule has 0 fully saturated rings. The molecule has 8 heteroatoms. The number of nitro groups is 1. The van der Waals surface area contributed by atoms with E-state index in [0.29, 0.717) is 36.4 Å². The van der Waals surface area contributed by atoms with E-state index in [0.717, 1.165) is 0 Å². The van der Waals surface area contributed by atoms with Crippen LogP contribution in [0.15, 0.2) is 12.1 Å². The average molecular weight is 290 g/mol. The number of nitrogens with two attached hydrogens (primary N) is 2. The lowest BCUT2D eigenvalue weighted by Crippen LogP contribution is -2.14. The molecule has 0 saturated heterocycles. The topological polar surface area (TPSA) is 114 Å². The summed E-state index contributed by atoms with van der Waals surface area (Å²) in [5, 5.41) is 11.0. The maximum Gasteiger partial charge on any atom is 0.278 e. The number of ether oxygens (including phenoxy) is 2. The van der Waals surface area contributed by atoms with Gasteiger partial charge in [-0.3, -0.25) is 10.1 Å². The number of nitro benzene ring substituents is 1. The maximum absolute atomic E-state index is 11.0. The number of halogens is 1. The van der Waals surface area contributed by atoms with Gasteiger partial charge in [-0.2, -0.15) is 0 Å². The summed E-state index contributed by atoms with van der Waals surface area (Å²) in [6, 6.07) is 2.52. The molecule has 0 saturated carbocycles. The lowest BCUT2D eigenvalue weighted by molar-refractivity contribution is -0.385. The van der Waals surface area contributed by atoms with Crippen LogP contribution in [0.1, 0.15) is 24.4 Å². The third-order valence-electron chi connectivity index (χ3n) is 2.84. The van der Waals surface area contributed by atoms with Crippen molar-refractivity contribution in [3.63, 3.8) is 0 Å². The number of benzene rings is 1. The summed E-state index contributed by atoms with van der Waals surface area (Å²) >= 11 is 0. The van der Waals surface area contributed by atoms with Crippen LogP contribution in [-0.2, 0) is 0 Å². The van der Waals surface area contributed by atoms with Gasteiger partial charge in [0.2, 0.25) is 6.79 Å². The van der Waals surface area contributed by atoms with Crippen molar-refractivity contribution in [2.75, 3.05) is 13.3 Å². The molecule has 1 heterocycles. The first-order valence-corrected chi connectivity index (χ1v) is 5.67. The summed E-state index contributed by atoms with van der Waals surface area (Å²) in [7, 11) is 0. The van der Waals surface area contributed by atoms with Gasteiger partial charge in [0.15, 0.2) is 11.5 Å². The fourth-order valence-electron chi connectivity index (χ4n) is 1.90. The smallest absolute Gasteiger partial charge is 0.278 e. The van der Waals surface area contributed by atoms with Gasteiger partial charge in [0.1, 0.15) is 0 Å². The Hall–Kier alpha value is -1.57. The van der Waals surface area contributed by atoms with Crippen LogP contribution >= 0.6 is 12.4 Å². The van der Waals surface area contributed by atoms with E-state index in [1.54, 1.807) is 6.07 Å². The van der Waals surface area contributed by atoms with Crippen molar-refractivity contribution in [2.24, 2.45) is 11.5 Å². The van der Waals surface area contributed by atoms with Gasteiger partial charge in [-0.25, -0.2) is 0 Å². The number of nitrogens with zero attached hydrogens (tertiary/aromatic N) is 1. The van der Waals surface area contributed by atoms with Crippen LogP contribution in [0.2, 0.25) is 0 Å². The van der Waals surface area contributed by atoms with Crippen molar-refractivity contribution >= 4 is 18.1 Å². The lowest BCUT2D eigenvalue weighted by atomic mass is 10.0. The molecule has 1 aromatic rings. The molecule has 1 aliphatic rings. The minimum atomic E-state index is -0.459. The third-order valence-corrected chi connectivity index (χ3v) is 2.84. The molecular formula is C11H16ClN3O4. The highest BCUT2D eigenvalue weighted by Gasteiger charge is 2.26. The SMILES string of the molecule is Cl.NCCC[C@H](N)c1cc2c(cc1[N+](=O)[O-])OCO2. The van der Waals surface area contributed by atoms with Gasteiger partial charge >= 0.3 is 0 Å². The molecule has 0 aromatic heterocycles. The number of fused-ring (bicyclic) bond motifs is 1. The molecule has 106 valence electrons. The Balaban J connectivity index is 0.00000180. The summed E-state index contributed by atoms with van der Waals surface area (Å²) in [6.45, 7) is 0.583. The highest BCUT2D eigenvalue weighted by Crippen LogP contribution is 2.40. The minimum absolute atomic E-state index is 0. The standard InChI is InChI=1S/C11H15N3O4.ClH/c12-3-1-2-8(13)7-4-10-11(18-6-17-10)5-9(7)14(15)16;/h4-5,8H,1-3,6,12-13H2;1H/t8-;/m0./s1. The molecule has 7 nitrogen and oxygen atoms in total. The zero-order valence-corrected chi connectivity index (χ0v) is 11.0. The number of hydrogen-bond acceptors (Lipinski definition) is 6. The zero-order chi connectivity index (χ0) is 13.1. The molecule has 1 atom stereocenters. The molecule has 0 aliphatic carbocycles. The van der Waals surface area contributed by atoms with E-state index in [9.17, 15) is 10.1 Å². The molecule has 0 radical (unpaired) electrons. The molecule has 19 heavy (non-hydrogen) atoms. The van der Waals surface area contributed by atoms with Crippen LogP contribution in [0.5, 0.6) is 11.5 Å². The van der Waals surface area contributed by atoms with Gasteiger partial charge in [0.25, 0.3) is 5.69 Å². The van der Waals surface area contributed by atoms with Gasteiger partial charge in [-0.15, -0.1) is 12.4 Å². The van der Waals surface area contributed by atoms with Crippen molar-refractivity contribution in [3.8, 4) is 11.5 Å². The highest BCUT2D eigenvalue weighted by molar-refractivity contribution is 5.85. The van der Waals surface area contributed by atoms with Crippen molar-refractivity contribution < 1.29 is 14.4 Å². The molecule has 1 aliphatic heterocycles. The highest BCUT2D eigenvalue weighted by atomic mass is 35.5. The van der Waals surface area contributed by atoms with Gasteiger partial charge < -0.3 is 20.9 Å². The predicted molar refractivity (Wildman–Crippen MR) is 71.7 cm³/mol. The van der Waals surface area contributed by atoms with Crippen molar-refractivity contribution in [1.29, 1.82) is 0 Å². The van der Waals surface area contributed by atoms with E-state index in [4.69, 9.17) is 20.9 Å². The van der Waals surface area contributed by atoms with Crippen molar-refractivity contribution in [3.05, 3.63) is 27.8 Å². The number of rotatable bonds is 5.